The third-order valence-electron chi connectivity index (χ3n) is 4.94. The molecule has 1 saturated heterocycles. The molecule has 144 valence electrons. The fourth-order valence-corrected chi connectivity index (χ4v) is 3.55. The Bertz CT molecular complexity index is 776. The van der Waals surface area contributed by atoms with Crippen LogP contribution in [0.25, 0.3) is 0 Å². The Kier molecular flexibility index (Phi) is 5.36. The van der Waals surface area contributed by atoms with Crippen molar-refractivity contribution in [1.82, 2.24) is 20.9 Å². The van der Waals surface area contributed by atoms with E-state index in [-0.39, 0.29) is 6.04 Å². The van der Waals surface area contributed by atoms with Gasteiger partial charge in [-0.3, -0.25) is 19.8 Å². The lowest BCUT2D eigenvalue weighted by molar-refractivity contribution is -0.134. The zero-order valence-electron chi connectivity index (χ0n) is 14.9. The molecule has 0 unspecified atom stereocenters. The molecule has 1 aliphatic carbocycles. The van der Waals surface area contributed by atoms with E-state index in [0.29, 0.717) is 10.6 Å². The lowest BCUT2D eigenvalue weighted by Gasteiger charge is -2.22. The van der Waals surface area contributed by atoms with E-state index in [1.54, 1.807) is 31.2 Å². The Balaban J connectivity index is 1.62. The number of carbonyl (C=O) groups excluding carboxylic acids is 4. The van der Waals surface area contributed by atoms with Crippen molar-refractivity contribution in [3.8, 4) is 0 Å². The fraction of sp³-hybridized carbons (Fsp3) is 0.444. The van der Waals surface area contributed by atoms with E-state index in [2.05, 4.69) is 16.0 Å². The van der Waals surface area contributed by atoms with E-state index in [9.17, 15) is 19.2 Å². The van der Waals surface area contributed by atoms with Crippen LogP contribution in [-0.4, -0.2) is 41.4 Å². The summed E-state index contributed by atoms with van der Waals surface area (Å²) < 4.78 is 0. The minimum atomic E-state index is -1.30. The fourth-order valence-electron chi connectivity index (χ4n) is 3.42. The van der Waals surface area contributed by atoms with Crippen molar-refractivity contribution >= 4 is 35.5 Å². The van der Waals surface area contributed by atoms with Gasteiger partial charge in [0, 0.05) is 11.1 Å². The van der Waals surface area contributed by atoms with E-state index in [1.165, 1.54) is 0 Å². The largest absolute Gasteiger partial charge is 0.335 e. The van der Waals surface area contributed by atoms with Gasteiger partial charge in [-0.05, 0) is 37.5 Å². The van der Waals surface area contributed by atoms with E-state index in [4.69, 9.17) is 11.6 Å². The van der Waals surface area contributed by atoms with Crippen molar-refractivity contribution in [3.63, 3.8) is 0 Å². The zero-order valence-corrected chi connectivity index (χ0v) is 15.6. The molecule has 0 bridgehead atoms. The number of urea groups is 2. The molecule has 3 rings (SSSR count). The van der Waals surface area contributed by atoms with Gasteiger partial charge < -0.3 is 10.6 Å². The number of nitrogens with zero attached hydrogens (tertiary/aromatic N) is 1. The van der Waals surface area contributed by atoms with Gasteiger partial charge in [0.1, 0.15) is 12.1 Å². The first-order valence-electron chi connectivity index (χ1n) is 8.80. The van der Waals surface area contributed by atoms with Gasteiger partial charge in [-0.15, -0.1) is 0 Å². The predicted octanol–water partition coefficient (Wildman–Crippen LogP) is 1.88. The van der Waals surface area contributed by atoms with Gasteiger partial charge in [-0.2, -0.15) is 0 Å². The molecule has 2 fully saturated rings. The first kappa shape index (κ1) is 19.2. The smallest absolute Gasteiger partial charge is 0.325 e. The second-order valence-electron chi connectivity index (χ2n) is 6.96. The van der Waals surface area contributed by atoms with Crippen molar-refractivity contribution in [2.75, 3.05) is 6.54 Å². The van der Waals surface area contributed by atoms with Gasteiger partial charge in [0.05, 0.1) is 0 Å². The topological polar surface area (TPSA) is 108 Å². The van der Waals surface area contributed by atoms with Gasteiger partial charge in [-0.1, -0.05) is 36.6 Å². The van der Waals surface area contributed by atoms with Crippen LogP contribution >= 0.6 is 11.6 Å². The lowest BCUT2D eigenvalue weighted by atomic mass is 9.92. The number of amides is 6. The van der Waals surface area contributed by atoms with Crippen LogP contribution in [0.4, 0.5) is 9.59 Å². The molecule has 1 heterocycles. The highest BCUT2D eigenvalue weighted by atomic mass is 35.5. The van der Waals surface area contributed by atoms with Crippen molar-refractivity contribution in [2.24, 2.45) is 0 Å². The Labute approximate surface area is 161 Å². The van der Waals surface area contributed by atoms with Crippen LogP contribution < -0.4 is 16.0 Å². The number of hydrogen-bond donors (Lipinski definition) is 3. The Morgan fingerprint density at radius 3 is 2.48 bits per heavy atom. The second-order valence-corrected chi connectivity index (χ2v) is 7.39. The number of rotatable bonds is 4. The Hall–Kier alpha value is -2.61. The average molecular weight is 393 g/mol. The lowest BCUT2D eigenvalue weighted by Crippen LogP contribution is -2.48. The summed E-state index contributed by atoms with van der Waals surface area (Å²) in [6.07, 6.45) is 3.86. The van der Waals surface area contributed by atoms with E-state index in [0.717, 1.165) is 30.6 Å². The normalized spacial score (nSPS) is 22.7. The summed E-state index contributed by atoms with van der Waals surface area (Å²) in [6, 6.07) is 5.26. The summed E-state index contributed by atoms with van der Waals surface area (Å²) in [4.78, 5) is 49.7. The monoisotopic (exact) mass is 392 g/mol. The summed E-state index contributed by atoms with van der Waals surface area (Å²) in [6.45, 7) is 1.02. The van der Waals surface area contributed by atoms with Crippen LogP contribution in [0.3, 0.4) is 0 Å². The minimum absolute atomic E-state index is 0.0581. The SMILES string of the molecule is C[C@]1(c2ccc(Cl)cc2)NC(=O)N(CC(=O)NC(=O)NC2CCCC2)C1=O. The molecule has 1 aliphatic heterocycles. The predicted molar refractivity (Wildman–Crippen MR) is 98.0 cm³/mol. The molecule has 1 atom stereocenters. The summed E-state index contributed by atoms with van der Waals surface area (Å²) >= 11 is 5.86. The molecular weight excluding hydrogens is 372 g/mol. The molecular formula is C18H21ClN4O4. The van der Waals surface area contributed by atoms with E-state index >= 15 is 0 Å². The molecule has 9 heteroatoms. The highest BCUT2D eigenvalue weighted by Crippen LogP contribution is 2.29. The van der Waals surface area contributed by atoms with Crippen LogP contribution in [0.5, 0.6) is 0 Å². The van der Waals surface area contributed by atoms with Gasteiger partial charge >= 0.3 is 12.1 Å². The molecule has 0 aromatic heterocycles. The summed E-state index contributed by atoms with van der Waals surface area (Å²) in [5.74, 6) is -1.30. The number of halogens is 1. The Morgan fingerprint density at radius 1 is 1.22 bits per heavy atom. The molecule has 6 amide bonds. The van der Waals surface area contributed by atoms with E-state index in [1.807, 2.05) is 0 Å². The molecule has 1 aromatic carbocycles. The van der Waals surface area contributed by atoms with Crippen molar-refractivity contribution in [1.29, 1.82) is 0 Å². The molecule has 27 heavy (non-hydrogen) atoms. The first-order chi connectivity index (χ1) is 12.8. The quantitative estimate of drug-likeness (QED) is 0.680. The molecule has 1 saturated carbocycles. The molecule has 0 spiro atoms. The molecule has 8 nitrogen and oxygen atoms in total. The first-order valence-corrected chi connectivity index (χ1v) is 9.18. The maximum Gasteiger partial charge on any atom is 0.325 e. The van der Waals surface area contributed by atoms with Crippen molar-refractivity contribution in [2.45, 2.75) is 44.2 Å². The van der Waals surface area contributed by atoms with Crippen molar-refractivity contribution in [3.05, 3.63) is 34.9 Å². The van der Waals surface area contributed by atoms with Gasteiger partial charge in [0.25, 0.3) is 5.91 Å². The maximum atomic E-state index is 12.8. The number of benzene rings is 1. The van der Waals surface area contributed by atoms with Gasteiger partial charge in [0.15, 0.2) is 0 Å². The Morgan fingerprint density at radius 2 is 1.85 bits per heavy atom. The van der Waals surface area contributed by atoms with Gasteiger partial charge in [-0.25, -0.2) is 9.59 Å². The van der Waals surface area contributed by atoms with Gasteiger partial charge in [0.2, 0.25) is 5.91 Å². The van der Waals surface area contributed by atoms with E-state index < -0.39 is 36.0 Å². The highest BCUT2D eigenvalue weighted by molar-refractivity contribution is 6.30. The minimum Gasteiger partial charge on any atom is -0.335 e. The highest BCUT2D eigenvalue weighted by Gasteiger charge is 2.49. The van der Waals surface area contributed by atoms with Crippen LogP contribution in [0, 0.1) is 0 Å². The summed E-state index contributed by atoms with van der Waals surface area (Å²) in [5, 5.41) is 7.99. The number of imide groups is 2. The number of nitrogens with one attached hydrogen (secondary N) is 3. The molecule has 1 aromatic rings. The average Bonchev–Trinajstić information content (AvgIpc) is 3.18. The molecule has 0 radical (unpaired) electrons. The molecule has 3 N–H and O–H groups in total. The third kappa shape index (κ3) is 4.05. The van der Waals surface area contributed by atoms with Crippen molar-refractivity contribution < 1.29 is 19.2 Å². The molecule has 2 aliphatic rings. The summed E-state index contributed by atoms with van der Waals surface area (Å²) in [7, 11) is 0. The van der Waals surface area contributed by atoms with Crippen LogP contribution in [0.1, 0.15) is 38.2 Å². The second kappa shape index (κ2) is 7.56. The van der Waals surface area contributed by atoms with Crippen LogP contribution in [0.2, 0.25) is 5.02 Å². The van der Waals surface area contributed by atoms with Crippen LogP contribution in [0.15, 0.2) is 24.3 Å². The standard InChI is InChI=1S/C18H21ClN4O4/c1-18(11-6-8-12(19)9-7-11)15(25)23(17(27)22-18)10-14(24)21-16(26)20-13-4-2-3-5-13/h6-9,13H,2-5,10H2,1H3,(H,22,27)(H2,20,21,24,26)/t18-/m1/s1. The third-order valence-corrected chi connectivity index (χ3v) is 5.19. The maximum absolute atomic E-state index is 12.8. The zero-order chi connectivity index (χ0) is 19.6. The number of hydrogen-bond acceptors (Lipinski definition) is 4. The number of carbonyl (C=O) groups is 4. The van der Waals surface area contributed by atoms with Crippen LogP contribution in [-0.2, 0) is 15.1 Å². The summed E-state index contributed by atoms with van der Waals surface area (Å²) in [5.41, 5.74) is -0.749.